The monoisotopic (exact) mass is 382 g/mol. The van der Waals surface area contributed by atoms with Crippen LogP contribution in [0.15, 0.2) is 46.6 Å². The Morgan fingerprint density at radius 2 is 2.00 bits per heavy atom. The molecule has 1 aromatic carbocycles. The van der Waals surface area contributed by atoms with Gasteiger partial charge in [-0.25, -0.2) is 9.57 Å². The first-order valence-electron chi connectivity index (χ1n) is 9.29. The van der Waals surface area contributed by atoms with Gasteiger partial charge in [-0.1, -0.05) is 6.55 Å². The summed E-state index contributed by atoms with van der Waals surface area (Å²) in [7, 11) is 6.07. The van der Waals surface area contributed by atoms with Gasteiger partial charge in [0.1, 0.15) is 22.2 Å². The molecule has 27 heavy (non-hydrogen) atoms. The third-order valence-corrected chi connectivity index (χ3v) is 10.0. The maximum absolute atomic E-state index is 11.1. The van der Waals surface area contributed by atoms with Crippen molar-refractivity contribution in [2.45, 2.75) is 25.4 Å². The molecule has 1 heterocycles. The first kappa shape index (κ1) is 19.3. The van der Waals surface area contributed by atoms with E-state index in [0.717, 1.165) is 28.8 Å². The van der Waals surface area contributed by atoms with Crippen molar-refractivity contribution in [2.75, 3.05) is 33.1 Å². The van der Waals surface area contributed by atoms with Gasteiger partial charge in [0, 0.05) is 38.4 Å². The third-order valence-electron chi connectivity index (χ3n) is 5.49. The van der Waals surface area contributed by atoms with Crippen LogP contribution in [0.1, 0.15) is 12.8 Å². The molecule has 1 aliphatic heterocycles. The molecule has 3 rings (SSSR count). The van der Waals surface area contributed by atoms with Crippen LogP contribution < -0.4 is 10.1 Å². The summed E-state index contributed by atoms with van der Waals surface area (Å²) in [6.07, 6.45) is 7.38. The van der Waals surface area contributed by atoms with Gasteiger partial charge in [0.2, 0.25) is 0 Å². The predicted molar refractivity (Wildman–Crippen MR) is 115 cm³/mol. The van der Waals surface area contributed by atoms with Crippen LogP contribution in [0.4, 0.5) is 11.4 Å². The molecule has 2 aliphatic rings. The van der Waals surface area contributed by atoms with E-state index in [1.165, 1.54) is 10.4 Å². The Morgan fingerprint density at radius 1 is 1.26 bits per heavy atom. The molecule has 1 aromatic rings. The van der Waals surface area contributed by atoms with E-state index >= 15 is 0 Å². The van der Waals surface area contributed by atoms with Gasteiger partial charge in [-0.05, 0) is 47.1 Å². The molecule has 1 N–H and O–H groups in total. The average molecular weight is 383 g/mol. The van der Waals surface area contributed by atoms with Crippen molar-refractivity contribution in [1.82, 2.24) is 0 Å². The lowest BCUT2D eigenvalue weighted by molar-refractivity contribution is -0.462. The Hall–Kier alpha value is -2.47. The Balaban J connectivity index is 2.16. The number of carbonyl (C=O) groups is 1. The Labute approximate surface area is 162 Å². The van der Waals surface area contributed by atoms with Crippen molar-refractivity contribution < 1.29 is 14.5 Å². The SMILES string of the molecule is CN(C)c1ccc2c(c1)[Si](C)(CCCC(=O)O)C1=CC(=[N+](C)C)C=CC1=N2. The summed E-state index contributed by atoms with van der Waals surface area (Å²) in [6, 6.07) is 7.38. The Kier molecular flexibility index (Phi) is 5.19. The number of carboxylic acids is 1. The highest BCUT2D eigenvalue weighted by molar-refractivity contribution is 7.02. The number of carboxylic acid groups (broad SMARTS) is 1. The second-order valence-corrected chi connectivity index (χ2v) is 12.1. The summed E-state index contributed by atoms with van der Waals surface area (Å²) in [5.41, 5.74) is 4.40. The van der Waals surface area contributed by atoms with E-state index in [1.807, 2.05) is 28.2 Å². The highest BCUT2D eigenvalue weighted by Gasteiger charge is 2.41. The number of fused-ring (bicyclic) bond motifs is 2. The summed E-state index contributed by atoms with van der Waals surface area (Å²) in [6.45, 7) is 2.36. The highest BCUT2D eigenvalue weighted by Crippen LogP contribution is 2.35. The zero-order chi connectivity index (χ0) is 19.8. The van der Waals surface area contributed by atoms with Gasteiger partial charge in [0.05, 0.1) is 11.4 Å². The molecular weight excluding hydrogens is 354 g/mol. The minimum Gasteiger partial charge on any atom is -0.481 e. The Morgan fingerprint density at radius 3 is 2.63 bits per heavy atom. The summed E-state index contributed by atoms with van der Waals surface area (Å²) in [5.74, 6) is -0.724. The predicted octanol–water partition coefficient (Wildman–Crippen LogP) is 2.74. The van der Waals surface area contributed by atoms with Gasteiger partial charge < -0.3 is 10.0 Å². The second kappa shape index (κ2) is 7.27. The smallest absolute Gasteiger partial charge is 0.303 e. The molecule has 1 unspecified atom stereocenters. The molecule has 0 saturated carbocycles. The fourth-order valence-corrected chi connectivity index (χ4v) is 7.88. The van der Waals surface area contributed by atoms with Crippen molar-refractivity contribution in [1.29, 1.82) is 0 Å². The van der Waals surface area contributed by atoms with E-state index in [4.69, 9.17) is 10.1 Å². The number of anilines is 1. The number of benzene rings is 1. The quantitative estimate of drug-likeness (QED) is 0.484. The summed E-state index contributed by atoms with van der Waals surface area (Å²) in [5, 5.41) is 11.8. The van der Waals surface area contributed by atoms with E-state index in [2.05, 4.69) is 52.4 Å². The third kappa shape index (κ3) is 3.67. The second-order valence-electron chi connectivity index (χ2n) is 7.88. The number of nitrogens with zero attached hydrogens (tertiary/aromatic N) is 3. The highest BCUT2D eigenvalue weighted by atomic mass is 28.3. The van der Waals surface area contributed by atoms with Gasteiger partial charge >= 0.3 is 5.97 Å². The zero-order valence-corrected chi connectivity index (χ0v) is 17.8. The number of hydrogen-bond acceptors (Lipinski definition) is 3. The van der Waals surface area contributed by atoms with E-state index < -0.39 is 14.0 Å². The van der Waals surface area contributed by atoms with E-state index in [1.54, 1.807) is 0 Å². The van der Waals surface area contributed by atoms with E-state index in [-0.39, 0.29) is 6.42 Å². The van der Waals surface area contributed by atoms with Gasteiger partial charge in [-0.15, -0.1) is 0 Å². The molecular formula is C21H28N3O2Si+. The molecule has 142 valence electrons. The van der Waals surface area contributed by atoms with Crippen molar-refractivity contribution in [3.8, 4) is 0 Å². The van der Waals surface area contributed by atoms with Crippen LogP contribution in [0.25, 0.3) is 0 Å². The number of aliphatic imine (C=N–C) groups is 1. The van der Waals surface area contributed by atoms with Gasteiger partial charge in [0.25, 0.3) is 0 Å². The Bertz CT molecular complexity index is 908. The van der Waals surface area contributed by atoms with Crippen LogP contribution in [0.5, 0.6) is 0 Å². The van der Waals surface area contributed by atoms with Crippen molar-refractivity contribution in [3.05, 3.63) is 41.6 Å². The van der Waals surface area contributed by atoms with Crippen LogP contribution in [0, 0.1) is 0 Å². The minimum atomic E-state index is -2.11. The molecule has 5 nitrogen and oxygen atoms in total. The number of allylic oxidation sites excluding steroid dienone is 4. The summed E-state index contributed by atoms with van der Waals surface area (Å²) in [4.78, 5) is 18.1. The maximum atomic E-state index is 11.1. The van der Waals surface area contributed by atoms with Crippen molar-refractivity contribution in [2.24, 2.45) is 4.99 Å². The fourth-order valence-electron chi connectivity index (χ4n) is 3.82. The zero-order valence-electron chi connectivity index (χ0n) is 16.8. The topological polar surface area (TPSA) is 55.9 Å². The molecule has 0 amide bonds. The van der Waals surface area contributed by atoms with E-state index in [0.29, 0.717) is 6.42 Å². The summed E-state index contributed by atoms with van der Waals surface area (Å²) >= 11 is 0. The van der Waals surface area contributed by atoms with Crippen LogP contribution >= 0.6 is 0 Å². The molecule has 0 saturated heterocycles. The van der Waals surface area contributed by atoms with E-state index in [9.17, 15) is 4.79 Å². The largest absolute Gasteiger partial charge is 0.481 e. The fraction of sp³-hybridized carbons (Fsp3) is 0.381. The standard InChI is InChI=1S/C21H27N3O2Si/c1-23(2)15-8-10-17-19(13-15)27(5,12-6-7-21(25)26)20-14-16(24(3)4)9-11-18(20)22-17/h8-11,13-14H,6-7,12H2,1-5H3/p+1. The van der Waals surface area contributed by atoms with Crippen LogP contribution in [-0.4, -0.2) is 63.3 Å². The van der Waals surface area contributed by atoms with Gasteiger partial charge in [-0.2, -0.15) is 0 Å². The number of rotatable bonds is 5. The lowest BCUT2D eigenvalue weighted by atomic mass is 10.1. The molecule has 1 atom stereocenters. The van der Waals surface area contributed by atoms with Crippen molar-refractivity contribution in [3.63, 3.8) is 0 Å². The van der Waals surface area contributed by atoms with Gasteiger partial charge in [-0.3, -0.25) is 4.79 Å². The number of aliphatic carboxylic acids is 1. The first-order valence-corrected chi connectivity index (χ1v) is 12.0. The lowest BCUT2D eigenvalue weighted by Gasteiger charge is -2.37. The maximum Gasteiger partial charge on any atom is 0.303 e. The van der Waals surface area contributed by atoms with Crippen molar-refractivity contribution >= 4 is 42.0 Å². The number of hydrogen-bond donors (Lipinski definition) is 1. The average Bonchev–Trinajstić information content (AvgIpc) is 2.61. The minimum absolute atomic E-state index is 0.213. The van der Waals surface area contributed by atoms with Crippen LogP contribution in [0.3, 0.4) is 0 Å². The molecule has 0 spiro atoms. The lowest BCUT2D eigenvalue weighted by Crippen LogP contribution is -2.52. The molecule has 1 aliphatic carbocycles. The van der Waals surface area contributed by atoms with Gasteiger partial charge in [0.15, 0.2) is 5.71 Å². The summed E-state index contributed by atoms with van der Waals surface area (Å²) < 4.78 is 2.11. The molecule has 0 aromatic heterocycles. The molecule has 0 bridgehead atoms. The molecule has 6 heteroatoms. The normalized spacial score (nSPS) is 20.4. The molecule has 0 fully saturated rings. The van der Waals surface area contributed by atoms with Crippen LogP contribution in [0.2, 0.25) is 12.6 Å². The van der Waals surface area contributed by atoms with Crippen LogP contribution in [-0.2, 0) is 4.79 Å². The molecule has 0 radical (unpaired) electrons. The first-order chi connectivity index (χ1) is 12.7.